The minimum absolute atomic E-state index is 0.230. The third kappa shape index (κ3) is 3.90. The van der Waals surface area contributed by atoms with Gasteiger partial charge in [0.15, 0.2) is 17.3 Å². The Kier molecular flexibility index (Phi) is 5.25. The van der Waals surface area contributed by atoms with Crippen LogP contribution < -0.4 is 5.32 Å². The van der Waals surface area contributed by atoms with Gasteiger partial charge in [0.25, 0.3) is 0 Å². The Bertz CT molecular complexity index is 1330. The zero-order valence-electron chi connectivity index (χ0n) is 17.8. The van der Waals surface area contributed by atoms with Crippen LogP contribution in [0.25, 0.3) is 33.8 Å². The molecule has 158 valence electrons. The van der Waals surface area contributed by atoms with E-state index in [-0.39, 0.29) is 6.04 Å². The normalized spacial score (nSPS) is 11.2. The maximum Gasteiger partial charge on any atom is 0.166 e. The molecule has 0 aliphatic carbocycles. The van der Waals surface area contributed by atoms with Gasteiger partial charge in [0, 0.05) is 54.7 Å². The molecule has 0 bridgehead atoms. The number of hydrogen-bond acceptors (Lipinski definition) is 7. The molecule has 8 nitrogen and oxygen atoms in total. The first-order valence-corrected chi connectivity index (χ1v) is 10.4. The maximum absolute atomic E-state index is 4.78. The van der Waals surface area contributed by atoms with E-state index in [1.807, 2.05) is 53.6 Å². The van der Waals surface area contributed by atoms with E-state index in [0.717, 1.165) is 33.5 Å². The van der Waals surface area contributed by atoms with Gasteiger partial charge >= 0.3 is 0 Å². The molecule has 0 amide bonds. The van der Waals surface area contributed by atoms with Gasteiger partial charge in [-0.05, 0) is 49.7 Å². The first-order valence-electron chi connectivity index (χ1n) is 10.4. The summed E-state index contributed by atoms with van der Waals surface area (Å²) in [6.45, 7) is 4.78. The van der Waals surface area contributed by atoms with Crippen LogP contribution in [0, 0.1) is 0 Å². The van der Waals surface area contributed by atoms with Crippen molar-refractivity contribution in [2.75, 3.05) is 5.32 Å². The quantitative estimate of drug-likeness (QED) is 0.429. The van der Waals surface area contributed by atoms with E-state index in [1.165, 1.54) is 0 Å². The lowest BCUT2D eigenvalue weighted by Gasteiger charge is -2.11. The molecule has 0 unspecified atom stereocenters. The molecule has 32 heavy (non-hydrogen) atoms. The molecule has 5 aromatic heterocycles. The lowest BCUT2D eigenvalue weighted by atomic mass is 10.1. The van der Waals surface area contributed by atoms with Crippen molar-refractivity contribution < 1.29 is 0 Å². The van der Waals surface area contributed by atoms with E-state index in [4.69, 9.17) is 9.97 Å². The molecule has 0 aliphatic rings. The third-order valence-electron chi connectivity index (χ3n) is 5.14. The van der Waals surface area contributed by atoms with Crippen LogP contribution in [-0.4, -0.2) is 34.5 Å². The number of nitrogens with one attached hydrogen (secondary N) is 1. The van der Waals surface area contributed by atoms with Crippen molar-refractivity contribution in [3.8, 4) is 22.6 Å². The molecule has 8 heteroatoms. The zero-order chi connectivity index (χ0) is 21.9. The zero-order valence-corrected chi connectivity index (χ0v) is 17.8. The van der Waals surface area contributed by atoms with Gasteiger partial charge in [0.2, 0.25) is 0 Å². The summed E-state index contributed by atoms with van der Waals surface area (Å²) in [5, 5.41) is 3.43. The van der Waals surface area contributed by atoms with Crippen LogP contribution in [0.1, 0.15) is 25.5 Å². The number of nitrogens with zero attached hydrogens (tertiary/aromatic N) is 7. The second kappa shape index (κ2) is 8.50. The van der Waals surface area contributed by atoms with Crippen LogP contribution >= 0.6 is 0 Å². The summed E-state index contributed by atoms with van der Waals surface area (Å²) < 4.78 is 2.05. The summed E-state index contributed by atoms with van der Waals surface area (Å²) >= 11 is 0. The van der Waals surface area contributed by atoms with Crippen molar-refractivity contribution >= 4 is 17.0 Å². The van der Waals surface area contributed by atoms with Gasteiger partial charge in [-0.25, -0.2) is 15.0 Å². The topological polar surface area (TPSA) is 94.3 Å². The first kappa shape index (κ1) is 19.7. The molecular formula is C24H22N8. The molecule has 5 aromatic rings. The van der Waals surface area contributed by atoms with Gasteiger partial charge in [-0.3, -0.25) is 15.0 Å². The fourth-order valence-electron chi connectivity index (χ4n) is 3.44. The van der Waals surface area contributed by atoms with Gasteiger partial charge in [-0.1, -0.05) is 6.07 Å². The third-order valence-corrected chi connectivity index (χ3v) is 5.14. The molecule has 0 atom stereocenters. The Hall–Kier alpha value is -4.20. The van der Waals surface area contributed by atoms with Gasteiger partial charge < -0.3 is 9.88 Å². The monoisotopic (exact) mass is 422 g/mol. The maximum atomic E-state index is 4.78. The van der Waals surface area contributed by atoms with E-state index >= 15 is 0 Å². The Balaban J connectivity index is 1.46. The summed E-state index contributed by atoms with van der Waals surface area (Å²) in [6.07, 6.45) is 10.7. The van der Waals surface area contributed by atoms with Gasteiger partial charge in [-0.2, -0.15) is 0 Å². The predicted molar refractivity (Wildman–Crippen MR) is 124 cm³/mol. The number of hydrogen-bond donors (Lipinski definition) is 1. The molecule has 0 fully saturated rings. The van der Waals surface area contributed by atoms with Gasteiger partial charge in [0.1, 0.15) is 5.52 Å². The summed E-state index contributed by atoms with van der Waals surface area (Å²) in [4.78, 5) is 27.1. The van der Waals surface area contributed by atoms with E-state index in [0.29, 0.717) is 18.2 Å². The number of aromatic nitrogens is 7. The van der Waals surface area contributed by atoms with Crippen LogP contribution in [0.15, 0.2) is 73.7 Å². The van der Waals surface area contributed by atoms with Crippen LogP contribution in [0.3, 0.4) is 0 Å². The lowest BCUT2D eigenvalue weighted by Crippen LogP contribution is -2.06. The van der Waals surface area contributed by atoms with Crippen LogP contribution in [0.4, 0.5) is 5.82 Å². The van der Waals surface area contributed by atoms with Crippen LogP contribution in [-0.2, 0) is 6.54 Å². The van der Waals surface area contributed by atoms with Gasteiger partial charge in [0.05, 0.1) is 12.0 Å². The summed E-state index contributed by atoms with van der Waals surface area (Å²) in [5.41, 5.74) is 5.31. The van der Waals surface area contributed by atoms with E-state index in [9.17, 15) is 0 Å². The number of fused-ring (bicyclic) bond motifs is 1. The van der Waals surface area contributed by atoms with Crippen LogP contribution in [0.2, 0.25) is 0 Å². The number of imidazole rings is 1. The largest absolute Gasteiger partial charge is 0.364 e. The highest BCUT2D eigenvalue weighted by atomic mass is 15.2. The highest BCUT2D eigenvalue weighted by molar-refractivity contribution is 5.85. The lowest BCUT2D eigenvalue weighted by molar-refractivity contribution is 0.613. The Morgan fingerprint density at radius 1 is 0.875 bits per heavy atom. The van der Waals surface area contributed by atoms with Crippen molar-refractivity contribution in [3.05, 3.63) is 79.3 Å². The Morgan fingerprint density at radius 3 is 2.31 bits per heavy atom. The highest BCUT2D eigenvalue weighted by Gasteiger charge is 2.16. The van der Waals surface area contributed by atoms with Crippen molar-refractivity contribution in [2.45, 2.75) is 26.4 Å². The highest BCUT2D eigenvalue weighted by Crippen LogP contribution is 2.26. The molecule has 5 rings (SSSR count). The van der Waals surface area contributed by atoms with Crippen molar-refractivity contribution in [1.82, 2.24) is 34.5 Å². The smallest absolute Gasteiger partial charge is 0.166 e. The van der Waals surface area contributed by atoms with Gasteiger partial charge in [-0.15, -0.1) is 0 Å². The minimum Gasteiger partial charge on any atom is -0.364 e. The van der Waals surface area contributed by atoms with Crippen molar-refractivity contribution in [2.24, 2.45) is 0 Å². The molecule has 0 aromatic carbocycles. The molecule has 0 saturated carbocycles. The molecule has 1 N–H and O–H groups in total. The Morgan fingerprint density at radius 2 is 1.66 bits per heavy atom. The fraction of sp³-hybridized carbons (Fsp3) is 0.167. The first-order chi connectivity index (χ1) is 15.7. The average molecular weight is 422 g/mol. The predicted octanol–water partition coefficient (Wildman–Crippen LogP) is 4.54. The molecule has 0 spiro atoms. The average Bonchev–Trinajstić information content (AvgIpc) is 3.28. The second-order valence-corrected chi connectivity index (χ2v) is 7.70. The van der Waals surface area contributed by atoms with E-state index < -0.39 is 0 Å². The van der Waals surface area contributed by atoms with Crippen molar-refractivity contribution in [1.29, 1.82) is 0 Å². The van der Waals surface area contributed by atoms with Crippen LogP contribution in [0.5, 0.6) is 0 Å². The minimum atomic E-state index is 0.230. The molecule has 0 radical (unpaired) electrons. The summed E-state index contributed by atoms with van der Waals surface area (Å²) in [5.74, 6) is 1.30. The fourth-order valence-corrected chi connectivity index (χ4v) is 3.44. The molecular weight excluding hydrogens is 400 g/mol. The number of anilines is 1. The van der Waals surface area contributed by atoms with E-state index in [1.54, 1.807) is 18.6 Å². The SMILES string of the molecule is CC(C)n1cnc2c(NCc3ccc(-c4cccnc4)nc3)nc(-c3cccnc3)nc21. The molecule has 0 aliphatic heterocycles. The summed E-state index contributed by atoms with van der Waals surface area (Å²) in [7, 11) is 0. The Labute approximate surface area is 185 Å². The molecule has 0 saturated heterocycles. The van der Waals surface area contributed by atoms with E-state index in [2.05, 4.69) is 45.2 Å². The standard InChI is InChI=1S/C24H22N8/c1-16(2)32-15-29-21-23(30-22(31-24(21)32)19-6-4-10-26-14-19)28-12-17-7-8-20(27-11-17)18-5-3-9-25-13-18/h3-11,13-16H,12H2,1-2H3,(H,28,30,31). The number of rotatable bonds is 6. The second-order valence-electron chi connectivity index (χ2n) is 7.70. The van der Waals surface area contributed by atoms with Crippen molar-refractivity contribution in [3.63, 3.8) is 0 Å². The number of pyridine rings is 3. The summed E-state index contributed by atoms with van der Waals surface area (Å²) in [6, 6.07) is 12.0. The molecule has 5 heterocycles.